The SMILES string of the molecule is CC(C)COc1ccc(CC(=O)N2CCCCC2CNC(=O)CCN)cc1. The fraction of sp³-hybridized carbons (Fsp3) is 0.619. The molecule has 1 aromatic carbocycles. The summed E-state index contributed by atoms with van der Waals surface area (Å²) in [6.07, 6.45) is 3.73. The van der Waals surface area contributed by atoms with Crippen molar-refractivity contribution in [3.63, 3.8) is 0 Å². The molecule has 0 saturated carbocycles. The monoisotopic (exact) mass is 375 g/mol. The van der Waals surface area contributed by atoms with Gasteiger partial charge in [0.15, 0.2) is 0 Å². The van der Waals surface area contributed by atoms with E-state index in [0.717, 1.165) is 37.1 Å². The molecule has 1 unspecified atom stereocenters. The summed E-state index contributed by atoms with van der Waals surface area (Å²) in [7, 11) is 0. The number of benzene rings is 1. The maximum atomic E-state index is 12.8. The van der Waals surface area contributed by atoms with Crippen LogP contribution in [-0.4, -0.2) is 49.0 Å². The van der Waals surface area contributed by atoms with Gasteiger partial charge in [0.25, 0.3) is 0 Å². The molecule has 0 spiro atoms. The van der Waals surface area contributed by atoms with Crippen LogP contribution in [0.3, 0.4) is 0 Å². The van der Waals surface area contributed by atoms with E-state index in [1.807, 2.05) is 29.2 Å². The Bertz CT molecular complexity index is 601. The van der Waals surface area contributed by atoms with Gasteiger partial charge < -0.3 is 20.7 Å². The van der Waals surface area contributed by atoms with Crippen molar-refractivity contribution in [1.29, 1.82) is 0 Å². The Morgan fingerprint density at radius 1 is 1.26 bits per heavy atom. The highest BCUT2D eigenvalue weighted by atomic mass is 16.5. The Kier molecular flexibility index (Phi) is 8.58. The summed E-state index contributed by atoms with van der Waals surface area (Å²) in [5.41, 5.74) is 6.39. The summed E-state index contributed by atoms with van der Waals surface area (Å²) in [5.74, 6) is 1.38. The molecule has 0 bridgehead atoms. The third-order valence-corrected chi connectivity index (χ3v) is 4.72. The van der Waals surface area contributed by atoms with Crippen molar-refractivity contribution in [2.45, 2.75) is 52.0 Å². The molecule has 3 N–H and O–H groups in total. The number of amides is 2. The number of rotatable bonds is 9. The van der Waals surface area contributed by atoms with Crippen molar-refractivity contribution in [2.75, 3.05) is 26.2 Å². The maximum Gasteiger partial charge on any atom is 0.227 e. The van der Waals surface area contributed by atoms with Gasteiger partial charge in [-0.25, -0.2) is 0 Å². The molecule has 1 aliphatic heterocycles. The lowest BCUT2D eigenvalue weighted by atomic mass is 10.0. The number of nitrogens with one attached hydrogen (secondary N) is 1. The van der Waals surface area contributed by atoms with Crippen LogP contribution in [0.2, 0.25) is 0 Å². The first kappa shape index (κ1) is 21.2. The highest BCUT2D eigenvalue weighted by Gasteiger charge is 2.26. The van der Waals surface area contributed by atoms with Crippen LogP contribution in [0, 0.1) is 5.92 Å². The highest BCUT2D eigenvalue weighted by molar-refractivity contribution is 5.79. The fourth-order valence-electron chi connectivity index (χ4n) is 3.23. The Morgan fingerprint density at radius 2 is 2.00 bits per heavy atom. The van der Waals surface area contributed by atoms with Crippen LogP contribution in [0.25, 0.3) is 0 Å². The minimum Gasteiger partial charge on any atom is -0.493 e. The molecule has 6 nitrogen and oxygen atoms in total. The smallest absolute Gasteiger partial charge is 0.227 e. The molecule has 27 heavy (non-hydrogen) atoms. The zero-order chi connectivity index (χ0) is 19.6. The number of likely N-dealkylation sites (tertiary alicyclic amines) is 1. The van der Waals surface area contributed by atoms with Gasteiger partial charge in [0.2, 0.25) is 11.8 Å². The Labute approximate surface area is 162 Å². The van der Waals surface area contributed by atoms with Crippen LogP contribution in [0.5, 0.6) is 5.75 Å². The van der Waals surface area contributed by atoms with Gasteiger partial charge in [0.05, 0.1) is 13.0 Å². The minimum atomic E-state index is -0.0486. The second kappa shape index (κ2) is 10.9. The number of ether oxygens (including phenoxy) is 1. The van der Waals surface area contributed by atoms with Crippen LogP contribution in [0.1, 0.15) is 45.1 Å². The molecule has 1 aromatic rings. The summed E-state index contributed by atoms with van der Waals surface area (Å²) in [6, 6.07) is 7.82. The van der Waals surface area contributed by atoms with Crippen LogP contribution >= 0.6 is 0 Å². The summed E-state index contributed by atoms with van der Waals surface area (Å²) in [6.45, 7) is 6.51. The molecule has 0 radical (unpaired) electrons. The zero-order valence-corrected chi connectivity index (χ0v) is 16.6. The third-order valence-electron chi connectivity index (χ3n) is 4.72. The van der Waals surface area contributed by atoms with E-state index < -0.39 is 0 Å². The van der Waals surface area contributed by atoms with E-state index in [1.165, 1.54) is 0 Å². The maximum absolute atomic E-state index is 12.8. The van der Waals surface area contributed by atoms with Gasteiger partial charge in [0, 0.05) is 32.1 Å². The summed E-state index contributed by atoms with van der Waals surface area (Å²) in [4.78, 5) is 26.4. The van der Waals surface area contributed by atoms with Gasteiger partial charge in [-0.1, -0.05) is 26.0 Å². The topological polar surface area (TPSA) is 84.7 Å². The van der Waals surface area contributed by atoms with E-state index >= 15 is 0 Å². The van der Waals surface area contributed by atoms with Crippen molar-refractivity contribution in [3.05, 3.63) is 29.8 Å². The number of carbonyl (C=O) groups is 2. The molecule has 2 amide bonds. The molecule has 150 valence electrons. The number of hydrogen-bond acceptors (Lipinski definition) is 4. The Morgan fingerprint density at radius 3 is 2.67 bits per heavy atom. The lowest BCUT2D eigenvalue weighted by Gasteiger charge is -2.36. The van der Waals surface area contributed by atoms with E-state index in [0.29, 0.717) is 38.5 Å². The molecular formula is C21H33N3O3. The average Bonchev–Trinajstić information content (AvgIpc) is 2.66. The van der Waals surface area contributed by atoms with E-state index in [2.05, 4.69) is 19.2 Å². The van der Waals surface area contributed by atoms with Crippen LogP contribution in [0.15, 0.2) is 24.3 Å². The van der Waals surface area contributed by atoms with Gasteiger partial charge in [0.1, 0.15) is 5.75 Å². The summed E-state index contributed by atoms with van der Waals surface area (Å²) < 4.78 is 5.69. The number of carbonyl (C=O) groups excluding carboxylic acids is 2. The van der Waals surface area contributed by atoms with Gasteiger partial charge in [-0.15, -0.1) is 0 Å². The lowest BCUT2D eigenvalue weighted by molar-refractivity contribution is -0.134. The number of hydrogen-bond donors (Lipinski definition) is 2. The van der Waals surface area contributed by atoms with Crippen molar-refractivity contribution in [1.82, 2.24) is 10.2 Å². The molecule has 1 saturated heterocycles. The number of nitrogens with zero attached hydrogens (tertiary/aromatic N) is 1. The third kappa shape index (κ3) is 7.21. The standard InChI is InChI=1S/C21H33N3O3/c1-16(2)15-27-19-8-6-17(7-9-19)13-21(26)24-12-4-3-5-18(24)14-23-20(25)10-11-22/h6-9,16,18H,3-5,10-15,22H2,1-2H3,(H,23,25). The van der Waals surface area contributed by atoms with Gasteiger partial charge in [-0.05, 0) is 42.9 Å². The van der Waals surface area contributed by atoms with E-state index in [1.54, 1.807) is 0 Å². The van der Waals surface area contributed by atoms with Crippen LogP contribution < -0.4 is 15.8 Å². The highest BCUT2D eigenvalue weighted by Crippen LogP contribution is 2.19. The minimum absolute atomic E-state index is 0.0486. The molecule has 1 atom stereocenters. The first-order valence-corrected chi connectivity index (χ1v) is 9.97. The largest absolute Gasteiger partial charge is 0.493 e. The molecular weight excluding hydrogens is 342 g/mol. The van der Waals surface area contributed by atoms with Gasteiger partial charge >= 0.3 is 0 Å². The average molecular weight is 376 g/mol. The van der Waals surface area contributed by atoms with Crippen molar-refractivity contribution in [2.24, 2.45) is 11.7 Å². The second-order valence-corrected chi connectivity index (χ2v) is 7.61. The van der Waals surface area contributed by atoms with E-state index in [-0.39, 0.29) is 17.9 Å². The van der Waals surface area contributed by atoms with Crippen LogP contribution in [-0.2, 0) is 16.0 Å². The molecule has 6 heteroatoms. The molecule has 1 heterocycles. The lowest BCUT2D eigenvalue weighted by Crippen LogP contribution is -2.50. The van der Waals surface area contributed by atoms with Gasteiger partial charge in [-0.2, -0.15) is 0 Å². The quantitative estimate of drug-likeness (QED) is 0.692. The van der Waals surface area contributed by atoms with Crippen molar-refractivity contribution in [3.8, 4) is 5.75 Å². The van der Waals surface area contributed by atoms with Crippen molar-refractivity contribution < 1.29 is 14.3 Å². The van der Waals surface area contributed by atoms with Crippen molar-refractivity contribution >= 4 is 11.8 Å². The number of nitrogens with two attached hydrogens (primary N) is 1. The first-order chi connectivity index (χ1) is 13.0. The Balaban J connectivity index is 1.89. The van der Waals surface area contributed by atoms with E-state index in [4.69, 9.17) is 10.5 Å². The summed E-state index contributed by atoms with van der Waals surface area (Å²) >= 11 is 0. The number of piperidine rings is 1. The molecule has 1 aliphatic rings. The van der Waals surface area contributed by atoms with Crippen LogP contribution in [0.4, 0.5) is 0 Å². The first-order valence-electron chi connectivity index (χ1n) is 9.97. The normalized spacial score (nSPS) is 17.0. The molecule has 1 fully saturated rings. The predicted octanol–water partition coefficient (Wildman–Crippen LogP) is 2.11. The van der Waals surface area contributed by atoms with E-state index in [9.17, 15) is 9.59 Å². The van der Waals surface area contributed by atoms with Gasteiger partial charge in [-0.3, -0.25) is 9.59 Å². The second-order valence-electron chi connectivity index (χ2n) is 7.61. The molecule has 0 aromatic heterocycles. The zero-order valence-electron chi connectivity index (χ0n) is 16.6. The molecule has 0 aliphatic carbocycles. The summed E-state index contributed by atoms with van der Waals surface area (Å²) in [5, 5.41) is 2.90. The Hall–Kier alpha value is -2.08. The molecule has 2 rings (SSSR count). The predicted molar refractivity (Wildman–Crippen MR) is 107 cm³/mol. The fourth-order valence-corrected chi connectivity index (χ4v) is 3.23.